The molecular formula is C20H25N3O2. The van der Waals surface area contributed by atoms with E-state index in [0.717, 1.165) is 42.1 Å². The van der Waals surface area contributed by atoms with Crippen molar-refractivity contribution in [3.8, 4) is 22.8 Å². The first-order valence-electron chi connectivity index (χ1n) is 8.63. The van der Waals surface area contributed by atoms with E-state index in [1.165, 1.54) is 5.56 Å². The van der Waals surface area contributed by atoms with Crippen molar-refractivity contribution >= 4 is 11.5 Å². The van der Waals surface area contributed by atoms with Crippen LogP contribution in [0.25, 0.3) is 16.9 Å². The molecule has 0 aliphatic carbocycles. The first kappa shape index (κ1) is 17.1. The van der Waals surface area contributed by atoms with Gasteiger partial charge in [-0.25, -0.2) is 4.98 Å². The summed E-state index contributed by atoms with van der Waals surface area (Å²) in [6.45, 7) is 5.16. The number of anilines is 1. The Balaban J connectivity index is 2.19. The number of methoxy groups -OCH3 is 2. The third-order valence-corrected chi connectivity index (χ3v) is 4.26. The molecule has 0 aliphatic heterocycles. The van der Waals surface area contributed by atoms with Crippen LogP contribution in [0.5, 0.6) is 11.5 Å². The van der Waals surface area contributed by atoms with Crippen molar-refractivity contribution in [3.05, 3.63) is 42.1 Å². The van der Waals surface area contributed by atoms with Gasteiger partial charge < -0.3 is 14.8 Å². The molecule has 0 saturated heterocycles. The number of nitrogens with zero attached hydrogens (tertiary/aromatic N) is 2. The fourth-order valence-electron chi connectivity index (χ4n) is 2.96. The summed E-state index contributed by atoms with van der Waals surface area (Å²) in [5, 5.41) is 3.55. The molecule has 0 saturated carbocycles. The highest BCUT2D eigenvalue weighted by Gasteiger charge is 2.19. The van der Waals surface area contributed by atoms with Crippen molar-refractivity contribution in [1.82, 2.24) is 9.38 Å². The van der Waals surface area contributed by atoms with Crippen molar-refractivity contribution in [2.75, 3.05) is 26.1 Å². The highest BCUT2D eigenvalue weighted by atomic mass is 16.5. The number of rotatable bonds is 7. The van der Waals surface area contributed by atoms with Crippen molar-refractivity contribution in [2.45, 2.75) is 26.7 Å². The molecule has 25 heavy (non-hydrogen) atoms. The maximum atomic E-state index is 5.62. The summed E-state index contributed by atoms with van der Waals surface area (Å²) >= 11 is 0. The molecule has 5 nitrogen and oxygen atoms in total. The van der Waals surface area contributed by atoms with E-state index in [0.29, 0.717) is 11.5 Å². The second-order valence-corrected chi connectivity index (χ2v) is 6.06. The topological polar surface area (TPSA) is 47.8 Å². The molecule has 1 aromatic carbocycles. The van der Waals surface area contributed by atoms with Crippen LogP contribution in [0.3, 0.4) is 0 Å². The van der Waals surface area contributed by atoms with E-state index in [1.807, 2.05) is 18.2 Å². The van der Waals surface area contributed by atoms with Crippen molar-refractivity contribution in [2.24, 2.45) is 0 Å². The first-order valence-corrected chi connectivity index (χ1v) is 8.63. The third-order valence-electron chi connectivity index (χ3n) is 4.26. The molecule has 0 spiro atoms. The summed E-state index contributed by atoms with van der Waals surface area (Å²) in [6, 6.07) is 10.0. The smallest absolute Gasteiger partial charge is 0.170 e. The van der Waals surface area contributed by atoms with Crippen LogP contribution in [0.4, 0.5) is 5.82 Å². The minimum Gasteiger partial charge on any atom is -0.493 e. The third kappa shape index (κ3) is 3.27. The molecule has 0 aliphatic rings. The van der Waals surface area contributed by atoms with Crippen LogP contribution in [0.1, 0.15) is 25.3 Å². The lowest BCUT2D eigenvalue weighted by molar-refractivity contribution is 0.356. The van der Waals surface area contributed by atoms with Crippen molar-refractivity contribution < 1.29 is 9.47 Å². The second kappa shape index (κ2) is 7.47. The number of aromatic nitrogens is 2. The Bertz CT molecular complexity index is 871. The van der Waals surface area contributed by atoms with E-state index in [-0.39, 0.29) is 0 Å². The van der Waals surface area contributed by atoms with Gasteiger partial charge in [0.05, 0.1) is 14.2 Å². The van der Waals surface area contributed by atoms with Crippen LogP contribution in [0.15, 0.2) is 36.5 Å². The van der Waals surface area contributed by atoms with Crippen LogP contribution in [-0.2, 0) is 0 Å². The van der Waals surface area contributed by atoms with Crippen LogP contribution in [-0.4, -0.2) is 30.1 Å². The van der Waals surface area contributed by atoms with Gasteiger partial charge in [0.25, 0.3) is 0 Å². The number of imidazole rings is 1. The van der Waals surface area contributed by atoms with E-state index >= 15 is 0 Å². The molecule has 0 bridgehead atoms. The molecule has 3 rings (SSSR count). The number of para-hydroxylation sites is 1. The van der Waals surface area contributed by atoms with Gasteiger partial charge in [-0.05, 0) is 43.2 Å². The van der Waals surface area contributed by atoms with Crippen LogP contribution in [0.2, 0.25) is 0 Å². The molecule has 3 aromatic rings. The lowest BCUT2D eigenvalue weighted by Crippen LogP contribution is -2.05. The molecule has 2 heterocycles. The molecule has 5 heteroatoms. The van der Waals surface area contributed by atoms with Gasteiger partial charge in [0.2, 0.25) is 0 Å². The molecular weight excluding hydrogens is 314 g/mol. The monoisotopic (exact) mass is 339 g/mol. The maximum absolute atomic E-state index is 5.62. The summed E-state index contributed by atoms with van der Waals surface area (Å²) in [6.07, 6.45) is 4.30. The minimum atomic E-state index is 0.698. The van der Waals surface area contributed by atoms with Gasteiger partial charge >= 0.3 is 0 Å². The van der Waals surface area contributed by atoms with Crippen molar-refractivity contribution in [1.29, 1.82) is 0 Å². The second-order valence-electron chi connectivity index (χ2n) is 6.06. The number of hydrogen-bond donors (Lipinski definition) is 1. The van der Waals surface area contributed by atoms with Crippen LogP contribution < -0.4 is 14.8 Å². The SMILES string of the molecule is CCCCNc1c(-c2cccc(OC)c2OC)nc2cc(C)ccn12. The number of ether oxygens (including phenoxy) is 2. The highest BCUT2D eigenvalue weighted by molar-refractivity contribution is 5.82. The summed E-state index contributed by atoms with van der Waals surface area (Å²) in [4.78, 5) is 4.87. The zero-order chi connectivity index (χ0) is 17.8. The average Bonchev–Trinajstić information content (AvgIpc) is 2.98. The summed E-state index contributed by atoms with van der Waals surface area (Å²) in [7, 11) is 3.31. The van der Waals surface area contributed by atoms with E-state index in [2.05, 4.69) is 41.9 Å². The Kier molecular flexibility index (Phi) is 5.12. The summed E-state index contributed by atoms with van der Waals surface area (Å²) in [5.41, 5.74) is 3.89. The number of benzene rings is 1. The van der Waals surface area contributed by atoms with Gasteiger partial charge in [0.15, 0.2) is 11.5 Å². The fourth-order valence-corrected chi connectivity index (χ4v) is 2.96. The van der Waals surface area contributed by atoms with Gasteiger partial charge in [0, 0.05) is 18.3 Å². The Hall–Kier alpha value is -2.69. The summed E-state index contributed by atoms with van der Waals surface area (Å²) < 4.78 is 13.2. The standard InChI is InChI=1S/C20H25N3O2/c1-5-6-11-21-20-18(22-17-13-14(2)10-12-23(17)20)15-8-7-9-16(24-3)19(15)25-4/h7-10,12-13,21H,5-6,11H2,1-4H3. The molecule has 2 aromatic heterocycles. The Morgan fingerprint density at radius 1 is 1.16 bits per heavy atom. The van der Waals surface area contributed by atoms with Crippen LogP contribution >= 0.6 is 0 Å². The number of nitrogens with one attached hydrogen (secondary N) is 1. The molecule has 1 N–H and O–H groups in total. The Labute approximate surface area is 148 Å². The first-order chi connectivity index (χ1) is 12.2. The molecule has 0 fully saturated rings. The van der Waals surface area contributed by atoms with E-state index in [4.69, 9.17) is 14.5 Å². The number of pyridine rings is 1. The average molecular weight is 339 g/mol. The zero-order valence-corrected chi connectivity index (χ0v) is 15.3. The zero-order valence-electron chi connectivity index (χ0n) is 15.3. The van der Waals surface area contributed by atoms with Gasteiger partial charge in [-0.15, -0.1) is 0 Å². The van der Waals surface area contributed by atoms with E-state index in [1.54, 1.807) is 14.2 Å². The Morgan fingerprint density at radius 3 is 2.72 bits per heavy atom. The normalized spacial score (nSPS) is 10.9. The quantitative estimate of drug-likeness (QED) is 0.642. The minimum absolute atomic E-state index is 0.698. The van der Waals surface area contributed by atoms with E-state index < -0.39 is 0 Å². The number of fused-ring (bicyclic) bond motifs is 1. The molecule has 0 radical (unpaired) electrons. The molecule has 0 unspecified atom stereocenters. The van der Waals surface area contributed by atoms with E-state index in [9.17, 15) is 0 Å². The highest BCUT2D eigenvalue weighted by Crippen LogP contribution is 2.40. The number of unbranched alkanes of at least 4 members (excludes halogenated alkanes) is 1. The lowest BCUT2D eigenvalue weighted by atomic mass is 10.1. The van der Waals surface area contributed by atoms with Crippen molar-refractivity contribution in [3.63, 3.8) is 0 Å². The lowest BCUT2D eigenvalue weighted by Gasteiger charge is -2.13. The largest absolute Gasteiger partial charge is 0.493 e. The van der Waals surface area contributed by atoms with Gasteiger partial charge in [-0.1, -0.05) is 19.4 Å². The number of hydrogen-bond acceptors (Lipinski definition) is 4. The van der Waals surface area contributed by atoms with Gasteiger partial charge in [-0.3, -0.25) is 4.40 Å². The van der Waals surface area contributed by atoms with Gasteiger partial charge in [-0.2, -0.15) is 0 Å². The predicted molar refractivity (Wildman–Crippen MR) is 102 cm³/mol. The van der Waals surface area contributed by atoms with Crippen LogP contribution in [0, 0.1) is 6.92 Å². The Morgan fingerprint density at radius 2 is 2.00 bits per heavy atom. The predicted octanol–water partition coefficient (Wildman–Crippen LogP) is 4.54. The molecule has 0 atom stereocenters. The fraction of sp³-hybridized carbons (Fsp3) is 0.350. The molecule has 132 valence electrons. The van der Waals surface area contributed by atoms with Gasteiger partial charge in [0.1, 0.15) is 17.2 Å². The summed E-state index contributed by atoms with van der Waals surface area (Å²) in [5.74, 6) is 2.38. The molecule has 0 amide bonds. The maximum Gasteiger partial charge on any atom is 0.170 e. The number of aryl methyl sites for hydroxylation is 1.